The van der Waals surface area contributed by atoms with Gasteiger partial charge in [0.05, 0.1) is 6.54 Å². The van der Waals surface area contributed by atoms with Crippen molar-refractivity contribution in [3.8, 4) is 0 Å². The van der Waals surface area contributed by atoms with E-state index < -0.39 is 5.82 Å². The van der Waals surface area contributed by atoms with E-state index in [0.717, 1.165) is 0 Å². The van der Waals surface area contributed by atoms with Crippen LogP contribution in [0.2, 0.25) is 5.02 Å². The largest absolute Gasteiger partial charge is 0.388 e. The maximum atomic E-state index is 13.5. The molecule has 0 bridgehead atoms. The summed E-state index contributed by atoms with van der Waals surface area (Å²) in [6, 6.07) is 4.43. The first-order valence-electron chi connectivity index (χ1n) is 4.62. The second kappa shape index (κ2) is 4.59. The Kier molecular flexibility index (Phi) is 3.17. The Morgan fingerprint density at radius 2 is 2.25 bits per heavy atom. The zero-order valence-electron chi connectivity index (χ0n) is 8.27. The Balaban J connectivity index is 2.27. The topological polar surface area (TPSA) is 50.9 Å². The molecule has 1 aromatic carbocycles. The molecule has 2 rings (SSSR count). The average Bonchev–Trinajstić information content (AvgIpc) is 2.69. The van der Waals surface area contributed by atoms with E-state index in [9.17, 15) is 4.39 Å². The first-order valence-corrected chi connectivity index (χ1v) is 5.00. The molecule has 0 saturated carbocycles. The van der Waals surface area contributed by atoms with Crippen molar-refractivity contribution in [2.45, 2.75) is 13.2 Å². The zero-order valence-corrected chi connectivity index (χ0v) is 9.02. The van der Waals surface area contributed by atoms with Gasteiger partial charge in [0.15, 0.2) is 5.82 Å². The number of hydrogen-bond donors (Lipinski definition) is 1. The minimum atomic E-state index is -0.396. The number of hydrogen-bond acceptors (Lipinski definition) is 3. The fourth-order valence-electron chi connectivity index (χ4n) is 1.35. The van der Waals surface area contributed by atoms with Crippen LogP contribution in [-0.4, -0.2) is 19.9 Å². The Bertz CT molecular complexity index is 501. The Labute approximate surface area is 96.3 Å². The molecule has 0 fully saturated rings. The number of aliphatic hydroxyl groups excluding tert-OH is 1. The maximum Gasteiger partial charge on any atom is 0.152 e. The molecule has 6 heteroatoms. The molecule has 1 heterocycles. The van der Waals surface area contributed by atoms with Gasteiger partial charge in [-0.05, 0) is 12.1 Å². The maximum absolute atomic E-state index is 13.5. The predicted molar refractivity (Wildman–Crippen MR) is 56.5 cm³/mol. The van der Waals surface area contributed by atoms with Crippen molar-refractivity contribution in [2.24, 2.45) is 0 Å². The summed E-state index contributed by atoms with van der Waals surface area (Å²) in [7, 11) is 0. The average molecular weight is 242 g/mol. The van der Waals surface area contributed by atoms with Gasteiger partial charge in [-0.1, -0.05) is 17.7 Å². The molecule has 2 aromatic rings. The van der Waals surface area contributed by atoms with Gasteiger partial charge >= 0.3 is 0 Å². The van der Waals surface area contributed by atoms with Crippen molar-refractivity contribution < 1.29 is 9.50 Å². The molecule has 16 heavy (non-hydrogen) atoms. The molecular formula is C10H9ClFN3O. The van der Waals surface area contributed by atoms with Gasteiger partial charge in [0.2, 0.25) is 0 Å². The normalized spacial score (nSPS) is 10.7. The standard InChI is InChI=1S/C10H9ClFN3O/c11-8-2-1-7(9(12)3-8)4-15-10(5-16)13-6-14-15/h1-3,6,16H,4-5H2. The summed E-state index contributed by atoms with van der Waals surface area (Å²) in [5, 5.41) is 13.2. The number of aromatic nitrogens is 3. The number of halogens is 2. The molecule has 0 spiro atoms. The first-order chi connectivity index (χ1) is 7.70. The van der Waals surface area contributed by atoms with Gasteiger partial charge in [-0.3, -0.25) is 0 Å². The predicted octanol–water partition coefficient (Wildman–Crippen LogP) is 1.61. The van der Waals surface area contributed by atoms with Crippen LogP contribution in [0.25, 0.3) is 0 Å². The van der Waals surface area contributed by atoms with Crippen LogP contribution < -0.4 is 0 Å². The minimum absolute atomic E-state index is 0.221. The summed E-state index contributed by atoms with van der Waals surface area (Å²) >= 11 is 5.64. The summed E-state index contributed by atoms with van der Waals surface area (Å²) in [5.74, 6) is 0.00115. The van der Waals surface area contributed by atoms with Gasteiger partial charge in [-0.2, -0.15) is 5.10 Å². The van der Waals surface area contributed by atoms with Crippen molar-refractivity contribution >= 4 is 11.6 Å². The Morgan fingerprint density at radius 1 is 1.44 bits per heavy atom. The quantitative estimate of drug-likeness (QED) is 0.888. The lowest BCUT2D eigenvalue weighted by molar-refractivity contribution is 0.263. The van der Waals surface area contributed by atoms with Crippen LogP contribution in [0.3, 0.4) is 0 Å². The van der Waals surface area contributed by atoms with E-state index in [2.05, 4.69) is 10.1 Å². The summed E-state index contributed by atoms with van der Waals surface area (Å²) < 4.78 is 14.9. The van der Waals surface area contributed by atoms with Crippen molar-refractivity contribution in [1.29, 1.82) is 0 Å². The highest BCUT2D eigenvalue weighted by atomic mass is 35.5. The highest BCUT2D eigenvalue weighted by Gasteiger charge is 2.07. The van der Waals surface area contributed by atoms with Crippen LogP contribution in [0.4, 0.5) is 4.39 Å². The lowest BCUT2D eigenvalue weighted by Gasteiger charge is -2.05. The van der Waals surface area contributed by atoms with Gasteiger partial charge in [-0.15, -0.1) is 0 Å². The fourth-order valence-corrected chi connectivity index (χ4v) is 1.51. The van der Waals surface area contributed by atoms with Crippen molar-refractivity contribution in [3.05, 3.63) is 46.8 Å². The second-order valence-corrected chi connectivity index (χ2v) is 3.66. The van der Waals surface area contributed by atoms with Crippen molar-refractivity contribution in [3.63, 3.8) is 0 Å². The van der Waals surface area contributed by atoms with E-state index in [-0.39, 0.29) is 13.2 Å². The van der Waals surface area contributed by atoms with E-state index in [1.165, 1.54) is 17.1 Å². The Hall–Kier alpha value is -1.46. The van der Waals surface area contributed by atoms with Crippen molar-refractivity contribution in [1.82, 2.24) is 14.8 Å². The zero-order chi connectivity index (χ0) is 11.5. The SMILES string of the molecule is OCc1ncnn1Cc1ccc(Cl)cc1F. The summed E-state index contributed by atoms with van der Waals surface area (Å²) in [5.41, 5.74) is 0.449. The van der Waals surface area contributed by atoms with Gasteiger partial charge < -0.3 is 5.11 Å². The fraction of sp³-hybridized carbons (Fsp3) is 0.200. The molecular weight excluding hydrogens is 233 g/mol. The third-order valence-electron chi connectivity index (χ3n) is 2.17. The Morgan fingerprint density at radius 3 is 2.94 bits per heavy atom. The van der Waals surface area contributed by atoms with E-state index in [0.29, 0.717) is 16.4 Å². The van der Waals surface area contributed by atoms with Crippen LogP contribution in [0, 0.1) is 5.82 Å². The van der Waals surface area contributed by atoms with Crippen LogP contribution in [0.1, 0.15) is 11.4 Å². The van der Waals surface area contributed by atoms with E-state index in [1.807, 2.05) is 0 Å². The monoisotopic (exact) mass is 241 g/mol. The number of rotatable bonds is 3. The molecule has 1 aromatic heterocycles. The summed E-state index contributed by atoms with van der Waals surface area (Å²) in [6.45, 7) is -0.00585. The molecule has 0 aliphatic carbocycles. The molecule has 0 saturated heterocycles. The smallest absolute Gasteiger partial charge is 0.152 e. The van der Waals surface area contributed by atoms with E-state index >= 15 is 0 Å². The molecule has 0 radical (unpaired) electrons. The van der Waals surface area contributed by atoms with Crippen molar-refractivity contribution in [2.75, 3.05) is 0 Å². The first kappa shape index (κ1) is 11.0. The third-order valence-corrected chi connectivity index (χ3v) is 2.41. The molecule has 4 nitrogen and oxygen atoms in total. The van der Waals surface area contributed by atoms with Gasteiger partial charge in [0.25, 0.3) is 0 Å². The molecule has 0 amide bonds. The molecule has 0 atom stereocenters. The molecule has 84 valence electrons. The molecule has 0 aliphatic rings. The van der Waals surface area contributed by atoms with Gasteiger partial charge in [0.1, 0.15) is 18.8 Å². The number of nitrogens with zero attached hydrogens (tertiary/aromatic N) is 3. The molecule has 0 unspecified atom stereocenters. The highest BCUT2D eigenvalue weighted by molar-refractivity contribution is 6.30. The highest BCUT2D eigenvalue weighted by Crippen LogP contribution is 2.15. The summed E-state index contributed by atoms with van der Waals surface area (Å²) in [4.78, 5) is 3.83. The lowest BCUT2D eigenvalue weighted by Crippen LogP contribution is -2.08. The lowest BCUT2D eigenvalue weighted by atomic mass is 10.2. The van der Waals surface area contributed by atoms with Gasteiger partial charge in [-0.25, -0.2) is 14.1 Å². The number of benzene rings is 1. The molecule has 1 N–H and O–H groups in total. The third kappa shape index (κ3) is 2.20. The van der Waals surface area contributed by atoms with E-state index in [4.69, 9.17) is 16.7 Å². The van der Waals surface area contributed by atoms with E-state index in [1.54, 1.807) is 12.1 Å². The van der Waals surface area contributed by atoms with Crippen LogP contribution in [-0.2, 0) is 13.2 Å². The summed E-state index contributed by atoms with van der Waals surface area (Å²) in [6.07, 6.45) is 1.32. The number of aliphatic hydroxyl groups is 1. The second-order valence-electron chi connectivity index (χ2n) is 3.23. The minimum Gasteiger partial charge on any atom is -0.388 e. The van der Waals surface area contributed by atoms with Crippen LogP contribution >= 0.6 is 11.6 Å². The van der Waals surface area contributed by atoms with Crippen LogP contribution in [0.15, 0.2) is 24.5 Å². The van der Waals surface area contributed by atoms with Crippen LogP contribution in [0.5, 0.6) is 0 Å². The van der Waals surface area contributed by atoms with Gasteiger partial charge in [0, 0.05) is 10.6 Å². The molecule has 0 aliphatic heterocycles.